The molecule has 2 aromatic rings. The van der Waals surface area contributed by atoms with Crippen molar-refractivity contribution >= 4 is 0 Å². The van der Waals surface area contributed by atoms with Crippen molar-refractivity contribution in [2.45, 2.75) is 45.3 Å². The molecule has 2 aliphatic heterocycles. The first-order valence-corrected chi connectivity index (χ1v) is 7.66. The molecule has 5 heteroatoms. The van der Waals surface area contributed by atoms with Crippen molar-refractivity contribution in [3.05, 3.63) is 41.0 Å². The first-order valence-electron chi connectivity index (χ1n) is 7.66. The summed E-state index contributed by atoms with van der Waals surface area (Å²) < 4.78 is 7.60. The maximum absolute atomic E-state index is 5.55. The van der Waals surface area contributed by atoms with E-state index in [0.29, 0.717) is 6.04 Å². The molecule has 0 fully saturated rings. The third kappa shape index (κ3) is 2.53. The molecule has 0 amide bonds. The molecule has 110 valence electrons. The zero-order valence-corrected chi connectivity index (χ0v) is 12.3. The lowest BCUT2D eigenvalue weighted by molar-refractivity contribution is 0.356. The Labute approximate surface area is 124 Å². The maximum Gasteiger partial charge on any atom is 0.147 e. The monoisotopic (exact) mass is 284 g/mol. The van der Waals surface area contributed by atoms with E-state index in [2.05, 4.69) is 33.6 Å². The topological polar surface area (TPSA) is 52.0 Å². The quantitative estimate of drug-likeness (QED) is 0.930. The van der Waals surface area contributed by atoms with Gasteiger partial charge in [0, 0.05) is 25.4 Å². The molecular weight excluding hydrogens is 264 g/mol. The second-order valence-electron chi connectivity index (χ2n) is 5.91. The molecule has 1 N–H and O–H groups in total. The number of ether oxygens (including phenoxy) is 1. The summed E-state index contributed by atoms with van der Waals surface area (Å²) in [6.45, 7) is 4.61. The van der Waals surface area contributed by atoms with Crippen LogP contribution < -0.4 is 10.1 Å². The highest BCUT2D eigenvalue weighted by Crippen LogP contribution is 2.26. The van der Waals surface area contributed by atoms with Gasteiger partial charge in [0.25, 0.3) is 0 Å². The third-order valence-electron chi connectivity index (χ3n) is 4.31. The van der Waals surface area contributed by atoms with E-state index in [1.54, 1.807) is 0 Å². The zero-order valence-electron chi connectivity index (χ0n) is 12.3. The Bertz CT molecular complexity index is 664. The van der Waals surface area contributed by atoms with Crippen molar-refractivity contribution in [3.63, 3.8) is 0 Å². The van der Waals surface area contributed by atoms with Crippen LogP contribution in [0.4, 0.5) is 0 Å². The number of fused-ring (bicyclic) bond motifs is 2. The Balaban J connectivity index is 1.39. The van der Waals surface area contributed by atoms with Gasteiger partial charge in [-0.2, -0.15) is 5.10 Å². The molecule has 0 bridgehead atoms. The van der Waals surface area contributed by atoms with Crippen LogP contribution in [0, 0.1) is 6.92 Å². The average Bonchev–Trinajstić information content (AvgIpc) is 3.08. The number of aryl methyl sites for hydroxylation is 2. The minimum absolute atomic E-state index is 0.475. The Morgan fingerprint density at radius 3 is 3.29 bits per heavy atom. The van der Waals surface area contributed by atoms with Gasteiger partial charge in [0.05, 0.1) is 13.2 Å². The second-order valence-corrected chi connectivity index (χ2v) is 5.91. The SMILES string of the molecule is Cc1nc2n(n1)CC(NCc1ccc3c(c1)CCO3)CC2. The Hall–Kier alpha value is -1.88. The van der Waals surface area contributed by atoms with Gasteiger partial charge < -0.3 is 10.1 Å². The molecule has 1 aromatic heterocycles. The summed E-state index contributed by atoms with van der Waals surface area (Å²) in [5.41, 5.74) is 2.67. The van der Waals surface area contributed by atoms with E-state index in [4.69, 9.17) is 4.74 Å². The zero-order chi connectivity index (χ0) is 14.2. The van der Waals surface area contributed by atoms with Gasteiger partial charge in [-0.05, 0) is 30.5 Å². The molecule has 0 saturated heterocycles. The lowest BCUT2D eigenvalue weighted by Gasteiger charge is -2.23. The van der Waals surface area contributed by atoms with Crippen molar-refractivity contribution in [2.24, 2.45) is 0 Å². The molecule has 0 saturated carbocycles. The summed E-state index contributed by atoms with van der Waals surface area (Å²) in [5, 5.41) is 8.10. The third-order valence-corrected chi connectivity index (χ3v) is 4.31. The first-order chi connectivity index (χ1) is 10.3. The van der Waals surface area contributed by atoms with Gasteiger partial charge in [0.2, 0.25) is 0 Å². The van der Waals surface area contributed by atoms with Crippen molar-refractivity contribution < 1.29 is 4.74 Å². The summed E-state index contributed by atoms with van der Waals surface area (Å²) in [7, 11) is 0. The Morgan fingerprint density at radius 2 is 2.33 bits per heavy atom. The lowest BCUT2D eigenvalue weighted by Crippen LogP contribution is -2.37. The van der Waals surface area contributed by atoms with E-state index >= 15 is 0 Å². The standard InChI is InChI=1S/C16H20N4O/c1-11-18-16-5-3-14(10-20(16)19-11)17-9-12-2-4-15-13(8-12)6-7-21-15/h2,4,8,14,17H,3,5-7,9-10H2,1H3. The second kappa shape index (κ2) is 5.15. The molecular formula is C16H20N4O. The molecule has 1 aromatic carbocycles. The summed E-state index contributed by atoms with van der Waals surface area (Å²) >= 11 is 0. The van der Waals surface area contributed by atoms with Crippen LogP contribution in [0.5, 0.6) is 5.75 Å². The molecule has 3 heterocycles. The fraction of sp³-hybridized carbons (Fsp3) is 0.500. The number of nitrogens with one attached hydrogen (secondary N) is 1. The number of rotatable bonds is 3. The summed E-state index contributed by atoms with van der Waals surface area (Å²) in [6.07, 6.45) is 3.18. The molecule has 2 aliphatic rings. The van der Waals surface area contributed by atoms with Crippen molar-refractivity contribution in [3.8, 4) is 5.75 Å². The molecule has 0 radical (unpaired) electrons. The number of hydrogen-bond acceptors (Lipinski definition) is 4. The van der Waals surface area contributed by atoms with Crippen molar-refractivity contribution in [1.29, 1.82) is 0 Å². The number of nitrogens with zero attached hydrogens (tertiary/aromatic N) is 3. The summed E-state index contributed by atoms with van der Waals surface area (Å²) in [5.74, 6) is 3.06. The Morgan fingerprint density at radius 1 is 1.38 bits per heavy atom. The first kappa shape index (κ1) is 12.8. The molecule has 0 spiro atoms. The van der Waals surface area contributed by atoms with Gasteiger partial charge in [0.15, 0.2) is 0 Å². The molecule has 21 heavy (non-hydrogen) atoms. The van der Waals surface area contributed by atoms with E-state index in [-0.39, 0.29) is 0 Å². The van der Waals surface area contributed by atoms with Crippen LogP contribution in [0.15, 0.2) is 18.2 Å². The van der Waals surface area contributed by atoms with E-state index in [0.717, 1.165) is 56.4 Å². The minimum Gasteiger partial charge on any atom is -0.493 e. The smallest absolute Gasteiger partial charge is 0.147 e. The molecule has 1 atom stereocenters. The van der Waals surface area contributed by atoms with E-state index < -0.39 is 0 Å². The number of benzene rings is 1. The average molecular weight is 284 g/mol. The van der Waals surface area contributed by atoms with Gasteiger partial charge in [-0.1, -0.05) is 12.1 Å². The van der Waals surface area contributed by atoms with Crippen LogP contribution in [0.25, 0.3) is 0 Å². The van der Waals surface area contributed by atoms with Crippen LogP contribution in [0.2, 0.25) is 0 Å². The minimum atomic E-state index is 0.475. The van der Waals surface area contributed by atoms with Gasteiger partial charge in [-0.25, -0.2) is 9.67 Å². The van der Waals surface area contributed by atoms with Crippen LogP contribution in [0.3, 0.4) is 0 Å². The Kier molecular flexibility index (Phi) is 3.15. The number of aromatic nitrogens is 3. The lowest BCUT2D eigenvalue weighted by atomic mass is 10.1. The highest BCUT2D eigenvalue weighted by Gasteiger charge is 2.20. The maximum atomic E-state index is 5.55. The predicted octanol–water partition coefficient (Wildman–Crippen LogP) is 1.63. The molecule has 4 rings (SSSR count). The van der Waals surface area contributed by atoms with Gasteiger partial charge >= 0.3 is 0 Å². The summed E-state index contributed by atoms with van der Waals surface area (Å²) in [6, 6.07) is 7.00. The van der Waals surface area contributed by atoms with Crippen LogP contribution in [-0.4, -0.2) is 27.4 Å². The van der Waals surface area contributed by atoms with Crippen molar-refractivity contribution in [1.82, 2.24) is 20.1 Å². The fourth-order valence-corrected chi connectivity index (χ4v) is 3.21. The highest BCUT2D eigenvalue weighted by molar-refractivity contribution is 5.39. The van der Waals surface area contributed by atoms with Gasteiger partial charge in [-0.15, -0.1) is 0 Å². The highest BCUT2D eigenvalue weighted by atomic mass is 16.5. The van der Waals surface area contributed by atoms with Crippen LogP contribution >= 0.6 is 0 Å². The summed E-state index contributed by atoms with van der Waals surface area (Å²) in [4.78, 5) is 4.45. The fourth-order valence-electron chi connectivity index (χ4n) is 3.21. The number of hydrogen-bond donors (Lipinski definition) is 1. The largest absolute Gasteiger partial charge is 0.493 e. The van der Waals surface area contributed by atoms with E-state index in [1.165, 1.54) is 11.1 Å². The molecule has 1 unspecified atom stereocenters. The van der Waals surface area contributed by atoms with Gasteiger partial charge in [-0.3, -0.25) is 0 Å². The van der Waals surface area contributed by atoms with E-state index in [1.807, 2.05) is 11.6 Å². The van der Waals surface area contributed by atoms with Gasteiger partial charge in [0.1, 0.15) is 17.4 Å². The molecule has 0 aliphatic carbocycles. The molecule has 5 nitrogen and oxygen atoms in total. The van der Waals surface area contributed by atoms with Crippen molar-refractivity contribution in [2.75, 3.05) is 6.61 Å². The normalized spacial score (nSPS) is 20.0. The predicted molar refractivity (Wildman–Crippen MR) is 79.3 cm³/mol. The van der Waals surface area contributed by atoms with Crippen LogP contribution in [0.1, 0.15) is 29.2 Å². The van der Waals surface area contributed by atoms with E-state index in [9.17, 15) is 0 Å². The van der Waals surface area contributed by atoms with Crippen LogP contribution in [-0.2, 0) is 25.9 Å².